The highest BCUT2D eigenvalue weighted by molar-refractivity contribution is 6.34. The molecule has 0 atom stereocenters. The summed E-state index contributed by atoms with van der Waals surface area (Å²) in [6, 6.07) is 7.59. The number of nitrogens with one attached hydrogen (secondary N) is 2. The largest absolute Gasteiger partial charge is 0.462 e. The Balaban J connectivity index is 2.12. The van der Waals surface area contributed by atoms with Crippen molar-refractivity contribution in [3.63, 3.8) is 0 Å². The number of carbonyl (C=O) groups excluding carboxylic acids is 3. The molecule has 0 unspecified atom stereocenters. The van der Waals surface area contributed by atoms with Crippen LogP contribution >= 0.6 is 11.6 Å². The van der Waals surface area contributed by atoms with E-state index in [4.69, 9.17) is 16.3 Å². The van der Waals surface area contributed by atoms with Crippen LogP contribution in [0.25, 0.3) is 0 Å². The minimum absolute atomic E-state index is 0.145. The molecule has 0 aliphatic carbocycles. The number of aromatic nitrogens is 1. The van der Waals surface area contributed by atoms with Crippen LogP contribution in [0.5, 0.6) is 0 Å². The van der Waals surface area contributed by atoms with Crippen LogP contribution in [-0.4, -0.2) is 35.9 Å². The molecule has 7 nitrogen and oxygen atoms in total. The van der Waals surface area contributed by atoms with Gasteiger partial charge in [-0.3, -0.25) is 9.59 Å². The lowest BCUT2D eigenvalue weighted by Crippen LogP contribution is -2.24. The van der Waals surface area contributed by atoms with Crippen LogP contribution in [0.4, 0.5) is 5.69 Å². The van der Waals surface area contributed by atoms with E-state index >= 15 is 0 Å². The summed E-state index contributed by atoms with van der Waals surface area (Å²) in [7, 11) is 0. The number of hydrogen-bond acceptors (Lipinski definition) is 5. The second-order valence-electron chi connectivity index (χ2n) is 5.95. The molecule has 8 heteroatoms. The van der Waals surface area contributed by atoms with E-state index in [9.17, 15) is 14.4 Å². The van der Waals surface area contributed by atoms with Gasteiger partial charge >= 0.3 is 5.97 Å². The van der Waals surface area contributed by atoms with Gasteiger partial charge in [0.25, 0.3) is 11.8 Å². The van der Waals surface area contributed by atoms with Crippen LogP contribution in [0.2, 0.25) is 5.02 Å². The summed E-state index contributed by atoms with van der Waals surface area (Å²) in [6.45, 7) is 6.11. The third-order valence-corrected chi connectivity index (χ3v) is 4.13. The average Bonchev–Trinajstić information content (AvgIpc) is 2.66. The number of rotatable bonds is 7. The third-order valence-electron chi connectivity index (χ3n) is 3.82. The fraction of sp³-hybridized carbons (Fsp3) is 0.300. The predicted octanol–water partition coefficient (Wildman–Crippen LogP) is 3.61. The second-order valence-corrected chi connectivity index (χ2v) is 6.36. The van der Waals surface area contributed by atoms with Crippen LogP contribution in [0.15, 0.2) is 30.3 Å². The van der Waals surface area contributed by atoms with Gasteiger partial charge in [0.1, 0.15) is 5.69 Å². The molecule has 0 spiro atoms. The van der Waals surface area contributed by atoms with Crippen LogP contribution in [-0.2, 0) is 4.74 Å². The van der Waals surface area contributed by atoms with E-state index in [2.05, 4.69) is 15.6 Å². The van der Waals surface area contributed by atoms with Gasteiger partial charge < -0.3 is 15.4 Å². The number of amides is 2. The first-order valence-electron chi connectivity index (χ1n) is 8.91. The van der Waals surface area contributed by atoms with Crippen molar-refractivity contribution in [2.24, 2.45) is 0 Å². The van der Waals surface area contributed by atoms with E-state index in [0.717, 1.165) is 6.42 Å². The fourth-order valence-electron chi connectivity index (χ4n) is 2.42. The van der Waals surface area contributed by atoms with Gasteiger partial charge in [-0.25, -0.2) is 9.78 Å². The van der Waals surface area contributed by atoms with Crippen molar-refractivity contribution in [1.82, 2.24) is 10.3 Å². The third kappa shape index (κ3) is 5.29. The first-order chi connectivity index (χ1) is 13.4. The van der Waals surface area contributed by atoms with Crippen LogP contribution in [0, 0.1) is 6.92 Å². The van der Waals surface area contributed by atoms with E-state index in [-0.39, 0.29) is 23.2 Å². The second kappa shape index (κ2) is 9.85. The van der Waals surface area contributed by atoms with Crippen molar-refractivity contribution < 1.29 is 19.1 Å². The Labute approximate surface area is 168 Å². The molecule has 0 fully saturated rings. The standard InChI is InChI=1S/C20H22ClN3O4/c1-4-10-22-18(25)15-7-6-13(11-16(15)21)24-19(26)17-9-8-14(12(3)23-17)20(27)28-5-2/h6-9,11H,4-5,10H2,1-3H3,(H,22,25)(H,24,26). The summed E-state index contributed by atoms with van der Waals surface area (Å²) >= 11 is 6.16. The Hall–Kier alpha value is -2.93. The monoisotopic (exact) mass is 403 g/mol. The van der Waals surface area contributed by atoms with Gasteiger partial charge in [0.15, 0.2) is 0 Å². The van der Waals surface area contributed by atoms with Gasteiger partial charge in [0.05, 0.1) is 28.5 Å². The van der Waals surface area contributed by atoms with Gasteiger partial charge in [-0.15, -0.1) is 0 Å². The maximum absolute atomic E-state index is 12.4. The van der Waals surface area contributed by atoms with Crippen molar-refractivity contribution in [1.29, 1.82) is 0 Å². The average molecular weight is 404 g/mol. The summed E-state index contributed by atoms with van der Waals surface area (Å²) in [6.07, 6.45) is 0.818. The highest BCUT2D eigenvalue weighted by atomic mass is 35.5. The topological polar surface area (TPSA) is 97.4 Å². The highest BCUT2D eigenvalue weighted by Crippen LogP contribution is 2.21. The zero-order valence-electron chi connectivity index (χ0n) is 16.0. The minimum atomic E-state index is -0.483. The number of carbonyl (C=O) groups is 3. The summed E-state index contributed by atoms with van der Waals surface area (Å²) in [5.41, 5.74) is 1.61. The summed E-state index contributed by atoms with van der Waals surface area (Å²) < 4.78 is 4.95. The molecule has 0 saturated carbocycles. The molecule has 2 aromatic rings. The normalized spacial score (nSPS) is 10.3. The fourth-order valence-corrected chi connectivity index (χ4v) is 2.68. The van der Waals surface area contributed by atoms with Crippen molar-refractivity contribution in [3.05, 3.63) is 57.9 Å². The molecule has 1 aromatic carbocycles. The Morgan fingerprint density at radius 3 is 2.39 bits per heavy atom. The number of pyridine rings is 1. The Morgan fingerprint density at radius 2 is 1.79 bits per heavy atom. The van der Waals surface area contributed by atoms with Crippen molar-refractivity contribution in [2.75, 3.05) is 18.5 Å². The Bertz CT molecular complexity index is 899. The molecular formula is C20H22ClN3O4. The molecule has 0 radical (unpaired) electrons. The smallest absolute Gasteiger partial charge is 0.339 e. The molecular weight excluding hydrogens is 382 g/mol. The number of halogens is 1. The molecule has 2 rings (SSSR count). The number of hydrogen-bond donors (Lipinski definition) is 2. The lowest BCUT2D eigenvalue weighted by molar-refractivity contribution is 0.0524. The lowest BCUT2D eigenvalue weighted by Gasteiger charge is -2.10. The first-order valence-corrected chi connectivity index (χ1v) is 9.29. The number of anilines is 1. The predicted molar refractivity (Wildman–Crippen MR) is 107 cm³/mol. The van der Waals surface area contributed by atoms with E-state index in [0.29, 0.717) is 29.1 Å². The van der Waals surface area contributed by atoms with Gasteiger partial charge in [0.2, 0.25) is 0 Å². The van der Waals surface area contributed by atoms with Crippen molar-refractivity contribution in [3.8, 4) is 0 Å². The molecule has 2 amide bonds. The molecule has 1 aromatic heterocycles. The number of ether oxygens (including phenoxy) is 1. The maximum atomic E-state index is 12.4. The summed E-state index contributed by atoms with van der Waals surface area (Å²) in [5, 5.41) is 5.65. The minimum Gasteiger partial charge on any atom is -0.462 e. The first kappa shape index (κ1) is 21.4. The van der Waals surface area contributed by atoms with E-state index in [1.807, 2.05) is 6.92 Å². The molecule has 0 bridgehead atoms. The van der Waals surface area contributed by atoms with Crippen LogP contribution in [0.3, 0.4) is 0 Å². The van der Waals surface area contributed by atoms with Gasteiger partial charge in [-0.1, -0.05) is 18.5 Å². The number of nitrogens with zero attached hydrogens (tertiary/aromatic N) is 1. The van der Waals surface area contributed by atoms with Gasteiger partial charge in [0, 0.05) is 12.2 Å². The van der Waals surface area contributed by atoms with Crippen LogP contribution in [0.1, 0.15) is 57.2 Å². The molecule has 0 saturated heterocycles. The molecule has 2 N–H and O–H groups in total. The maximum Gasteiger partial charge on any atom is 0.339 e. The number of benzene rings is 1. The highest BCUT2D eigenvalue weighted by Gasteiger charge is 2.16. The SMILES string of the molecule is CCCNC(=O)c1ccc(NC(=O)c2ccc(C(=O)OCC)c(C)n2)cc1Cl. The van der Waals surface area contributed by atoms with Crippen LogP contribution < -0.4 is 10.6 Å². The quantitative estimate of drug-likeness (QED) is 0.688. The molecule has 148 valence electrons. The lowest BCUT2D eigenvalue weighted by atomic mass is 10.1. The molecule has 1 heterocycles. The summed E-state index contributed by atoms with van der Waals surface area (Å²) in [5.74, 6) is -1.21. The molecule has 28 heavy (non-hydrogen) atoms. The number of esters is 1. The number of aryl methyl sites for hydroxylation is 1. The Kier molecular flexibility index (Phi) is 7.52. The van der Waals surface area contributed by atoms with E-state index in [1.165, 1.54) is 18.2 Å². The molecule has 0 aliphatic rings. The van der Waals surface area contributed by atoms with Crippen molar-refractivity contribution >= 4 is 35.1 Å². The Morgan fingerprint density at radius 1 is 1.07 bits per heavy atom. The summed E-state index contributed by atoms with van der Waals surface area (Å²) in [4.78, 5) is 40.4. The van der Waals surface area contributed by atoms with Gasteiger partial charge in [-0.05, 0) is 50.6 Å². The molecule has 0 aliphatic heterocycles. The van der Waals surface area contributed by atoms with E-state index < -0.39 is 11.9 Å². The van der Waals surface area contributed by atoms with Gasteiger partial charge in [-0.2, -0.15) is 0 Å². The zero-order valence-corrected chi connectivity index (χ0v) is 16.7. The zero-order chi connectivity index (χ0) is 20.7. The van der Waals surface area contributed by atoms with Crippen molar-refractivity contribution in [2.45, 2.75) is 27.2 Å². The van der Waals surface area contributed by atoms with E-state index in [1.54, 1.807) is 26.0 Å².